The highest BCUT2D eigenvalue weighted by molar-refractivity contribution is 5.84. The molecule has 1 aliphatic rings. The largest absolute Gasteiger partial charge is 0.377 e. The number of nitrogens with two attached hydrogens (primary N) is 1. The van der Waals surface area contributed by atoms with Crippen LogP contribution in [0.2, 0.25) is 0 Å². The molecule has 1 fully saturated rings. The lowest BCUT2D eigenvalue weighted by molar-refractivity contribution is -0.385. The molecule has 0 radical (unpaired) electrons. The summed E-state index contributed by atoms with van der Waals surface area (Å²) in [6.07, 6.45) is 0. The quantitative estimate of drug-likeness (QED) is 0.619. The second-order valence-electron chi connectivity index (χ2n) is 4.26. The topological polar surface area (TPSA) is 122 Å². The third-order valence-corrected chi connectivity index (χ3v) is 3.09. The van der Waals surface area contributed by atoms with Crippen LogP contribution in [0.15, 0.2) is 18.2 Å². The summed E-state index contributed by atoms with van der Waals surface area (Å²) < 4.78 is 5.20. The molecule has 2 rings (SSSR count). The number of nitro groups is 1. The van der Waals surface area contributed by atoms with Crippen molar-refractivity contribution in [2.45, 2.75) is 6.04 Å². The standard InChI is InChI=1S/C12H12N4O4/c13-6-8-5-9(1-2-10(8)16(18)19)15-3-4-20-7-11(15)12(14)17/h1-2,5,11H,3-4,7H2,(H2,14,17). The van der Waals surface area contributed by atoms with E-state index in [1.807, 2.05) is 0 Å². The Kier molecular flexibility index (Phi) is 3.81. The molecular formula is C12H12N4O4. The van der Waals surface area contributed by atoms with E-state index in [0.717, 1.165) is 0 Å². The highest BCUT2D eigenvalue weighted by Gasteiger charge is 2.29. The molecule has 1 saturated heterocycles. The lowest BCUT2D eigenvalue weighted by Gasteiger charge is -2.35. The first kappa shape index (κ1) is 13.8. The van der Waals surface area contributed by atoms with Gasteiger partial charge in [-0.1, -0.05) is 0 Å². The predicted molar refractivity (Wildman–Crippen MR) is 69.0 cm³/mol. The van der Waals surface area contributed by atoms with Crippen LogP contribution in [0.5, 0.6) is 0 Å². The molecule has 1 heterocycles. The van der Waals surface area contributed by atoms with Gasteiger partial charge >= 0.3 is 0 Å². The number of morpholine rings is 1. The number of anilines is 1. The number of ether oxygens (including phenoxy) is 1. The monoisotopic (exact) mass is 276 g/mol. The van der Waals surface area contributed by atoms with Crippen LogP contribution in [0.1, 0.15) is 5.56 Å². The van der Waals surface area contributed by atoms with Crippen LogP contribution >= 0.6 is 0 Å². The first-order chi connectivity index (χ1) is 9.54. The van der Waals surface area contributed by atoms with Crippen molar-refractivity contribution in [3.05, 3.63) is 33.9 Å². The number of hydrogen-bond acceptors (Lipinski definition) is 6. The molecule has 8 heteroatoms. The van der Waals surface area contributed by atoms with Gasteiger partial charge in [-0.3, -0.25) is 14.9 Å². The molecule has 0 saturated carbocycles. The van der Waals surface area contributed by atoms with Crippen molar-refractivity contribution in [3.8, 4) is 6.07 Å². The number of nitro benzene ring substituents is 1. The van der Waals surface area contributed by atoms with Crippen molar-refractivity contribution in [2.75, 3.05) is 24.7 Å². The fraction of sp³-hybridized carbons (Fsp3) is 0.333. The number of carbonyl (C=O) groups excluding carboxylic acids is 1. The molecule has 2 N–H and O–H groups in total. The number of amides is 1. The van der Waals surface area contributed by atoms with Crippen molar-refractivity contribution < 1.29 is 14.5 Å². The molecule has 1 aromatic rings. The molecule has 1 unspecified atom stereocenters. The third kappa shape index (κ3) is 2.53. The fourth-order valence-corrected chi connectivity index (χ4v) is 2.10. The number of nitrogens with zero attached hydrogens (tertiary/aromatic N) is 3. The molecule has 8 nitrogen and oxygen atoms in total. The zero-order valence-corrected chi connectivity index (χ0v) is 10.5. The van der Waals surface area contributed by atoms with Crippen molar-refractivity contribution in [1.82, 2.24) is 0 Å². The molecule has 1 amide bonds. The predicted octanol–water partition coefficient (Wildman–Crippen LogP) is 0.157. The molecule has 1 atom stereocenters. The van der Waals surface area contributed by atoms with Gasteiger partial charge in [0.05, 0.1) is 18.1 Å². The first-order valence-corrected chi connectivity index (χ1v) is 5.87. The van der Waals surface area contributed by atoms with Crippen molar-refractivity contribution in [3.63, 3.8) is 0 Å². The third-order valence-electron chi connectivity index (χ3n) is 3.09. The summed E-state index contributed by atoms with van der Waals surface area (Å²) in [5.41, 5.74) is 5.53. The Labute approximate surface area is 114 Å². The van der Waals surface area contributed by atoms with Crippen LogP contribution in [0.3, 0.4) is 0 Å². The smallest absolute Gasteiger partial charge is 0.287 e. The second-order valence-corrected chi connectivity index (χ2v) is 4.26. The maximum atomic E-state index is 11.4. The summed E-state index contributed by atoms with van der Waals surface area (Å²) in [4.78, 5) is 23.3. The molecule has 0 spiro atoms. The van der Waals surface area contributed by atoms with Gasteiger partial charge in [-0.2, -0.15) is 5.26 Å². The summed E-state index contributed by atoms with van der Waals surface area (Å²) in [7, 11) is 0. The normalized spacial score (nSPS) is 18.4. The number of rotatable bonds is 3. The molecule has 20 heavy (non-hydrogen) atoms. The maximum absolute atomic E-state index is 11.4. The Bertz CT molecular complexity index is 596. The van der Waals surface area contributed by atoms with Crippen molar-refractivity contribution >= 4 is 17.3 Å². The SMILES string of the molecule is N#Cc1cc(N2CCOCC2C(N)=O)ccc1[N+](=O)[O-]. The lowest BCUT2D eigenvalue weighted by Crippen LogP contribution is -2.52. The molecule has 0 bridgehead atoms. The highest BCUT2D eigenvalue weighted by atomic mass is 16.6. The number of carbonyl (C=O) groups is 1. The van der Waals surface area contributed by atoms with Crippen LogP contribution in [0.4, 0.5) is 11.4 Å². The summed E-state index contributed by atoms with van der Waals surface area (Å²) in [6, 6.07) is 5.28. The number of hydrogen-bond donors (Lipinski definition) is 1. The van der Waals surface area contributed by atoms with E-state index in [2.05, 4.69) is 0 Å². The van der Waals surface area contributed by atoms with E-state index in [1.54, 1.807) is 11.0 Å². The Balaban J connectivity index is 2.39. The van der Waals surface area contributed by atoms with E-state index in [9.17, 15) is 14.9 Å². The fourth-order valence-electron chi connectivity index (χ4n) is 2.10. The summed E-state index contributed by atoms with van der Waals surface area (Å²) in [6.45, 7) is 1.01. The number of primary amides is 1. The molecule has 1 aliphatic heterocycles. The van der Waals surface area contributed by atoms with Gasteiger partial charge in [0.1, 0.15) is 17.7 Å². The van der Waals surface area contributed by atoms with Crippen molar-refractivity contribution in [2.24, 2.45) is 5.73 Å². The average molecular weight is 276 g/mol. The Morgan fingerprint density at radius 1 is 1.60 bits per heavy atom. The van der Waals surface area contributed by atoms with Crippen LogP contribution in [0.25, 0.3) is 0 Å². The Morgan fingerprint density at radius 2 is 2.35 bits per heavy atom. The van der Waals surface area contributed by atoms with Crippen molar-refractivity contribution in [1.29, 1.82) is 5.26 Å². The first-order valence-electron chi connectivity index (χ1n) is 5.87. The zero-order chi connectivity index (χ0) is 14.7. The van der Waals surface area contributed by atoms with Crippen LogP contribution in [-0.4, -0.2) is 36.6 Å². The molecular weight excluding hydrogens is 264 g/mol. The minimum Gasteiger partial charge on any atom is -0.377 e. The van der Waals surface area contributed by atoms with Gasteiger partial charge in [0, 0.05) is 18.3 Å². The summed E-state index contributed by atoms with van der Waals surface area (Å²) in [5.74, 6) is -0.540. The summed E-state index contributed by atoms with van der Waals surface area (Å²) in [5, 5.41) is 19.8. The van der Waals surface area contributed by atoms with E-state index < -0.39 is 16.9 Å². The van der Waals surface area contributed by atoms with Gasteiger partial charge in [0.15, 0.2) is 0 Å². The van der Waals surface area contributed by atoms with Crippen LogP contribution < -0.4 is 10.6 Å². The Hall–Kier alpha value is -2.66. The molecule has 0 aliphatic carbocycles. The van der Waals surface area contributed by atoms with Gasteiger partial charge in [0.2, 0.25) is 5.91 Å². The van der Waals surface area contributed by atoms with Gasteiger partial charge in [-0.25, -0.2) is 0 Å². The van der Waals surface area contributed by atoms with E-state index >= 15 is 0 Å². The van der Waals surface area contributed by atoms with Gasteiger partial charge in [-0.15, -0.1) is 0 Å². The van der Waals surface area contributed by atoms with E-state index in [1.165, 1.54) is 18.2 Å². The Morgan fingerprint density at radius 3 is 2.95 bits per heavy atom. The summed E-state index contributed by atoms with van der Waals surface area (Å²) >= 11 is 0. The highest BCUT2D eigenvalue weighted by Crippen LogP contribution is 2.26. The van der Waals surface area contributed by atoms with E-state index in [4.69, 9.17) is 15.7 Å². The van der Waals surface area contributed by atoms with Crippen LogP contribution in [-0.2, 0) is 9.53 Å². The molecule has 0 aromatic heterocycles. The van der Waals surface area contributed by atoms with E-state index in [-0.39, 0.29) is 17.9 Å². The maximum Gasteiger partial charge on any atom is 0.287 e. The van der Waals surface area contributed by atoms with Gasteiger partial charge < -0.3 is 15.4 Å². The lowest BCUT2D eigenvalue weighted by atomic mass is 10.1. The van der Waals surface area contributed by atoms with Crippen LogP contribution in [0, 0.1) is 21.4 Å². The zero-order valence-electron chi connectivity index (χ0n) is 10.5. The molecule has 104 valence electrons. The van der Waals surface area contributed by atoms with Gasteiger partial charge in [-0.05, 0) is 12.1 Å². The average Bonchev–Trinajstić information content (AvgIpc) is 2.46. The number of nitriles is 1. The molecule has 1 aromatic carbocycles. The van der Waals surface area contributed by atoms with E-state index in [0.29, 0.717) is 18.8 Å². The minimum atomic E-state index is -0.642. The number of benzene rings is 1. The van der Waals surface area contributed by atoms with Gasteiger partial charge in [0.25, 0.3) is 5.69 Å². The minimum absolute atomic E-state index is 0.0535. The second kappa shape index (κ2) is 5.54.